The average Bonchev–Trinajstić information content (AvgIpc) is 2.78. The van der Waals surface area contributed by atoms with Crippen LogP contribution in [0.5, 0.6) is 0 Å². The van der Waals surface area contributed by atoms with Crippen molar-refractivity contribution in [2.45, 2.75) is 13.1 Å². The number of hydrogen-bond donors (Lipinski definition) is 1. The minimum atomic E-state index is 0.709. The summed E-state index contributed by atoms with van der Waals surface area (Å²) in [6, 6.07) is 2.10. The van der Waals surface area contributed by atoms with Gasteiger partial charge in [0.1, 0.15) is 6.33 Å². The van der Waals surface area contributed by atoms with Crippen LogP contribution in [0, 0.1) is 0 Å². The molecule has 0 aliphatic rings. The minimum Gasteiger partial charge on any atom is -0.313 e. The van der Waals surface area contributed by atoms with Gasteiger partial charge in [0.25, 0.3) is 0 Å². The lowest BCUT2D eigenvalue weighted by Crippen LogP contribution is -2.07. The van der Waals surface area contributed by atoms with Crippen LogP contribution in [0.15, 0.2) is 22.2 Å². The Morgan fingerprint density at radius 1 is 1.60 bits per heavy atom. The summed E-state index contributed by atoms with van der Waals surface area (Å²) < 4.78 is 2.98. The van der Waals surface area contributed by atoms with Gasteiger partial charge in [-0.05, 0) is 29.0 Å². The third-order valence-corrected chi connectivity index (χ3v) is 3.54. The predicted octanol–water partition coefficient (Wildman–Crippen LogP) is 1.87. The summed E-state index contributed by atoms with van der Waals surface area (Å²) in [5.41, 5.74) is 0. The maximum Gasteiger partial charge on any atom is 0.164 e. The van der Waals surface area contributed by atoms with Crippen LogP contribution in [0.3, 0.4) is 0 Å². The molecule has 0 unspecified atom stereocenters. The van der Waals surface area contributed by atoms with E-state index in [-0.39, 0.29) is 0 Å². The summed E-state index contributed by atoms with van der Waals surface area (Å²) in [6.07, 6.45) is 1.76. The van der Waals surface area contributed by atoms with E-state index in [0.29, 0.717) is 6.54 Å². The van der Waals surface area contributed by atoms with Crippen molar-refractivity contribution in [2.24, 2.45) is 0 Å². The minimum absolute atomic E-state index is 0.709. The van der Waals surface area contributed by atoms with E-state index < -0.39 is 0 Å². The van der Waals surface area contributed by atoms with Gasteiger partial charge in [-0.2, -0.15) is 5.10 Å². The monoisotopic (exact) mass is 286 g/mol. The number of halogens is 1. The zero-order valence-electron chi connectivity index (χ0n) is 8.27. The van der Waals surface area contributed by atoms with Gasteiger partial charge in [-0.25, -0.2) is 9.67 Å². The van der Waals surface area contributed by atoms with E-state index in [0.717, 1.165) is 16.8 Å². The first kappa shape index (κ1) is 10.8. The molecule has 0 saturated heterocycles. The van der Waals surface area contributed by atoms with E-state index in [1.807, 2.05) is 11.7 Å². The highest BCUT2D eigenvalue weighted by Crippen LogP contribution is 2.20. The van der Waals surface area contributed by atoms with E-state index in [2.05, 4.69) is 42.8 Å². The van der Waals surface area contributed by atoms with Gasteiger partial charge in [0, 0.05) is 14.7 Å². The van der Waals surface area contributed by atoms with Crippen molar-refractivity contribution in [1.29, 1.82) is 0 Å². The van der Waals surface area contributed by atoms with Crippen LogP contribution in [0.4, 0.5) is 0 Å². The van der Waals surface area contributed by atoms with Crippen molar-refractivity contribution in [2.75, 3.05) is 7.05 Å². The Labute approximate surface area is 100 Å². The van der Waals surface area contributed by atoms with Crippen LogP contribution >= 0.6 is 27.3 Å². The molecule has 0 amide bonds. The molecule has 2 heterocycles. The Morgan fingerprint density at radius 3 is 3.13 bits per heavy atom. The van der Waals surface area contributed by atoms with Gasteiger partial charge in [0.15, 0.2) is 5.82 Å². The largest absolute Gasteiger partial charge is 0.313 e. The Kier molecular flexibility index (Phi) is 3.50. The topological polar surface area (TPSA) is 42.7 Å². The lowest BCUT2D eigenvalue weighted by Gasteiger charge is -1.96. The van der Waals surface area contributed by atoms with E-state index >= 15 is 0 Å². The number of aromatic nitrogens is 3. The first-order valence-electron chi connectivity index (χ1n) is 4.54. The van der Waals surface area contributed by atoms with Crippen molar-refractivity contribution in [3.63, 3.8) is 0 Å². The maximum atomic E-state index is 4.34. The van der Waals surface area contributed by atoms with Crippen LogP contribution in [0.25, 0.3) is 0 Å². The van der Waals surface area contributed by atoms with Crippen molar-refractivity contribution < 1.29 is 0 Å². The van der Waals surface area contributed by atoms with E-state index in [1.54, 1.807) is 17.7 Å². The molecule has 2 aromatic rings. The second kappa shape index (κ2) is 4.87. The molecule has 0 aliphatic heterocycles. The average molecular weight is 287 g/mol. The van der Waals surface area contributed by atoms with E-state index in [9.17, 15) is 0 Å². The maximum absolute atomic E-state index is 4.34. The second-order valence-corrected chi connectivity index (χ2v) is 5.03. The predicted molar refractivity (Wildman–Crippen MR) is 63.9 cm³/mol. The highest BCUT2D eigenvalue weighted by Gasteiger charge is 2.02. The molecule has 0 fully saturated rings. The lowest BCUT2D eigenvalue weighted by molar-refractivity contribution is 0.664. The third kappa shape index (κ3) is 2.87. The Morgan fingerprint density at radius 2 is 2.47 bits per heavy atom. The molecule has 4 nitrogen and oxygen atoms in total. The van der Waals surface area contributed by atoms with Crippen molar-refractivity contribution in [1.82, 2.24) is 20.1 Å². The van der Waals surface area contributed by atoms with Crippen LogP contribution in [-0.2, 0) is 13.1 Å². The molecule has 0 atom stereocenters. The summed E-state index contributed by atoms with van der Waals surface area (Å²) in [5, 5.41) is 9.43. The molecule has 0 saturated carbocycles. The Hall–Kier alpha value is -0.720. The number of nitrogens with one attached hydrogen (secondary N) is 1. The molecule has 0 aliphatic carbocycles. The molecule has 2 rings (SSSR count). The van der Waals surface area contributed by atoms with E-state index in [1.165, 1.54) is 4.88 Å². The lowest BCUT2D eigenvalue weighted by atomic mass is 10.5. The summed E-state index contributed by atoms with van der Waals surface area (Å²) in [6.45, 7) is 1.49. The molecule has 0 bridgehead atoms. The van der Waals surface area contributed by atoms with Gasteiger partial charge in [-0.3, -0.25) is 0 Å². The standard InChI is InChI=1S/C9H11BrN4S/c1-11-3-9-12-6-14(13-9)4-8-2-7(10)5-15-8/h2,5-6,11H,3-4H2,1H3. The van der Waals surface area contributed by atoms with Crippen LogP contribution in [0.1, 0.15) is 10.7 Å². The zero-order valence-corrected chi connectivity index (χ0v) is 10.7. The number of hydrogen-bond acceptors (Lipinski definition) is 4. The van der Waals surface area contributed by atoms with Gasteiger partial charge in [0.2, 0.25) is 0 Å². The van der Waals surface area contributed by atoms with Crippen LogP contribution in [0.2, 0.25) is 0 Å². The van der Waals surface area contributed by atoms with E-state index in [4.69, 9.17) is 0 Å². The number of rotatable bonds is 4. The summed E-state index contributed by atoms with van der Waals surface area (Å²) in [4.78, 5) is 5.46. The molecule has 80 valence electrons. The molecule has 2 aromatic heterocycles. The highest BCUT2D eigenvalue weighted by molar-refractivity contribution is 9.10. The van der Waals surface area contributed by atoms with Crippen LogP contribution in [-0.4, -0.2) is 21.8 Å². The molecular weight excluding hydrogens is 276 g/mol. The molecule has 1 N–H and O–H groups in total. The second-order valence-electron chi connectivity index (χ2n) is 3.12. The fourth-order valence-corrected chi connectivity index (χ4v) is 2.69. The SMILES string of the molecule is CNCc1ncn(Cc2cc(Br)cs2)n1. The molecule has 15 heavy (non-hydrogen) atoms. The molecule has 0 aromatic carbocycles. The molecule has 0 spiro atoms. The number of nitrogens with zero attached hydrogens (tertiary/aromatic N) is 3. The Bertz CT molecular complexity index is 437. The van der Waals surface area contributed by atoms with Gasteiger partial charge < -0.3 is 5.32 Å². The van der Waals surface area contributed by atoms with Crippen LogP contribution < -0.4 is 5.32 Å². The summed E-state index contributed by atoms with van der Waals surface area (Å²) >= 11 is 5.15. The van der Waals surface area contributed by atoms with Crippen molar-refractivity contribution in [3.8, 4) is 0 Å². The molecular formula is C9H11BrN4S. The smallest absolute Gasteiger partial charge is 0.164 e. The fraction of sp³-hybridized carbons (Fsp3) is 0.333. The summed E-state index contributed by atoms with van der Waals surface area (Å²) in [7, 11) is 1.89. The fourth-order valence-electron chi connectivity index (χ4n) is 1.24. The molecule has 0 radical (unpaired) electrons. The third-order valence-electron chi connectivity index (χ3n) is 1.86. The number of thiophene rings is 1. The first-order chi connectivity index (χ1) is 7.28. The normalized spacial score (nSPS) is 10.8. The highest BCUT2D eigenvalue weighted by atomic mass is 79.9. The quantitative estimate of drug-likeness (QED) is 0.933. The summed E-state index contributed by atoms with van der Waals surface area (Å²) in [5.74, 6) is 0.827. The first-order valence-corrected chi connectivity index (χ1v) is 6.21. The van der Waals surface area contributed by atoms with Gasteiger partial charge in [-0.1, -0.05) is 0 Å². The van der Waals surface area contributed by atoms with Gasteiger partial charge in [0.05, 0.1) is 13.1 Å². The van der Waals surface area contributed by atoms with Crippen molar-refractivity contribution in [3.05, 3.63) is 32.9 Å². The molecule has 6 heteroatoms. The zero-order chi connectivity index (χ0) is 10.7. The van der Waals surface area contributed by atoms with Gasteiger partial charge in [-0.15, -0.1) is 11.3 Å². The Balaban J connectivity index is 2.04. The van der Waals surface area contributed by atoms with Gasteiger partial charge >= 0.3 is 0 Å². The van der Waals surface area contributed by atoms with Crippen molar-refractivity contribution >= 4 is 27.3 Å².